The highest BCUT2D eigenvalue weighted by Gasteiger charge is 2.18. The van der Waals surface area contributed by atoms with Crippen molar-refractivity contribution in [1.29, 1.82) is 0 Å². The van der Waals surface area contributed by atoms with Crippen LogP contribution in [0.4, 0.5) is 0 Å². The quantitative estimate of drug-likeness (QED) is 0.544. The zero-order valence-corrected chi connectivity index (χ0v) is 10.1. The Labute approximate surface area is 96.2 Å². The largest absolute Gasteiger partial charge is 0.463 e. The normalized spacial score (nSPS) is 17.7. The molecule has 0 bridgehead atoms. The molecule has 16 heavy (non-hydrogen) atoms. The number of hydrogen-bond donors (Lipinski definition) is 0. The molecule has 0 radical (unpaired) electrons. The number of ether oxygens (including phenoxy) is 1. The number of carbonyl (C=O) groups is 2. The molecule has 0 N–H and O–H groups in total. The second-order valence-electron chi connectivity index (χ2n) is 3.96. The second kappa shape index (κ2) is 5.64. The number of hydrogen-bond acceptors (Lipinski definition) is 3. The van der Waals surface area contributed by atoms with Crippen molar-refractivity contribution in [2.75, 3.05) is 6.61 Å². The molecule has 1 rings (SSSR count). The number of rotatable bonds is 3. The van der Waals surface area contributed by atoms with Gasteiger partial charge in [-0.2, -0.15) is 0 Å². The Morgan fingerprint density at radius 2 is 2.12 bits per heavy atom. The maximum absolute atomic E-state index is 11.5. The monoisotopic (exact) mass is 222 g/mol. The van der Waals surface area contributed by atoms with Gasteiger partial charge >= 0.3 is 5.97 Å². The third-order valence-corrected chi connectivity index (χ3v) is 2.80. The maximum Gasteiger partial charge on any atom is 0.331 e. The summed E-state index contributed by atoms with van der Waals surface area (Å²) in [6, 6.07) is 0. The van der Waals surface area contributed by atoms with Crippen LogP contribution < -0.4 is 0 Å². The summed E-state index contributed by atoms with van der Waals surface area (Å²) in [4.78, 5) is 22.8. The Bertz CT molecular complexity index is 361. The van der Waals surface area contributed by atoms with E-state index in [9.17, 15) is 9.59 Å². The van der Waals surface area contributed by atoms with Crippen molar-refractivity contribution in [3.63, 3.8) is 0 Å². The summed E-state index contributed by atoms with van der Waals surface area (Å²) in [5, 5.41) is 0. The van der Waals surface area contributed by atoms with Gasteiger partial charge in [0.1, 0.15) is 0 Å². The van der Waals surface area contributed by atoms with Crippen LogP contribution in [0.2, 0.25) is 0 Å². The van der Waals surface area contributed by atoms with E-state index in [4.69, 9.17) is 4.74 Å². The summed E-state index contributed by atoms with van der Waals surface area (Å²) >= 11 is 0. The predicted octanol–water partition coefficient (Wildman–Crippen LogP) is 2.57. The van der Waals surface area contributed by atoms with E-state index in [-0.39, 0.29) is 11.8 Å². The van der Waals surface area contributed by atoms with Gasteiger partial charge in [-0.1, -0.05) is 0 Å². The van der Waals surface area contributed by atoms with Gasteiger partial charge in [0.15, 0.2) is 5.78 Å². The zero-order valence-electron chi connectivity index (χ0n) is 10.1. The lowest BCUT2D eigenvalue weighted by atomic mass is 9.87. The lowest BCUT2D eigenvalue weighted by Crippen LogP contribution is -2.11. The molecule has 1 aliphatic rings. The van der Waals surface area contributed by atoms with E-state index in [0.29, 0.717) is 13.0 Å². The average Bonchev–Trinajstić information content (AvgIpc) is 2.22. The van der Waals surface area contributed by atoms with E-state index >= 15 is 0 Å². The maximum atomic E-state index is 11.5. The number of Topliss-reactive ketones (excluding diaryl/α,β-unsaturated/α-hetero) is 1. The fourth-order valence-corrected chi connectivity index (χ4v) is 1.91. The van der Waals surface area contributed by atoms with Gasteiger partial charge < -0.3 is 4.74 Å². The minimum absolute atomic E-state index is 0.192. The molecule has 0 fully saturated rings. The van der Waals surface area contributed by atoms with Gasteiger partial charge in [-0.3, -0.25) is 4.79 Å². The fraction of sp³-hybridized carbons (Fsp3) is 0.538. The minimum atomic E-state index is -0.335. The van der Waals surface area contributed by atoms with E-state index in [1.165, 1.54) is 6.08 Å². The molecule has 88 valence electrons. The molecule has 0 unspecified atom stereocenters. The first-order chi connectivity index (χ1) is 7.56. The first kappa shape index (κ1) is 12.7. The van der Waals surface area contributed by atoms with Gasteiger partial charge in [0, 0.05) is 12.5 Å². The van der Waals surface area contributed by atoms with Crippen molar-refractivity contribution in [2.45, 2.75) is 40.0 Å². The van der Waals surface area contributed by atoms with Gasteiger partial charge in [-0.25, -0.2) is 4.79 Å². The first-order valence-electron chi connectivity index (χ1n) is 5.64. The predicted molar refractivity (Wildman–Crippen MR) is 61.9 cm³/mol. The Hall–Kier alpha value is -1.38. The first-order valence-corrected chi connectivity index (χ1v) is 5.64. The molecule has 1 aliphatic carbocycles. The molecular formula is C13H18O3. The Kier molecular flexibility index (Phi) is 4.47. The van der Waals surface area contributed by atoms with Crippen LogP contribution in [-0.2, 0) is 14.3 Å². The van der Waals surface area contributed by atoms with Gasteiger partial charge in [-0.05, 0) is 50.3 Å². The van der Waals surface area contributed by atoms with E-state index in [1.54, 1.807) is 6.92 Å². The van der Waals surface area contributed by atoms with Crippen LogP contribution >= 0.6 is 0 Å². The number of ketones is 1. The molecule has 0 atom stereocenters. The van der Waals surface area contributed by atoms with E-state index in [0.717, 1.165) is 29.6 Å². The zero-order chi connectivity index (χ0) is 12.1. The molecule has 0 saturated heterocycles. The van der Waals surface area contributed by atoms with Crippen molar-refractivity contribution in [1.82, 2.24) is 0 Å². The van der Waals surface area contributed by atoms with Crippen molar-refractivity contribution in [2.24, 2.45) is 0 Å². The highest BCUT2D eigenvalue weighted by molar-refractivity contribution is 5.97. The topological polar surface area (TPSA) is 43.4 Å². The molecule has 0 aliphatic heterocycles. The van der Waals surface area contributed by atoms with Crippen LogP contribution in [-0.4, -0.2) is 18.4 Å². The average molecular weight is 222 g/mol. The molecule has 0 heterocycles. The second-order valence-corrected chi connectivity index (χ2v) is 3.96. The van der Waals surface area contributed by atoms with Crippen LogP contribution in [0.15, 0.2) is 22.8 Å². The van der Waals surface area contributed by atoms with Crippen LogP contribution in [0.25, 0.3) is 0 Å². The van der Waals surface area contributed by atoms with Crippen molar-refractivity contribution < 1.29 is 14.3 Å². The highest BCUT2D eigenvalue weighted by Crippen LogP contribution is 2.27. The van der Waals surface area contributed by atoms with Gasteiger partial charge in [-0.15, -0.1) is 0 Å². The molecule has 0 saturated carbocycles. The SMILES string of the molecule is CCOC(=O)/C=C(\C)C1=C(C)C(=O)CCC1. The number of esters is 1. The highest BCUT2D eigenvalue weighted by atomic mass is 16.5. The van der Waals surface area contributed by atoms with Crippen LogP contribution in [0.5, 0.6) is 0 Å². The number of carbonyl (C=O) groups excluding carboxylic acids is 2. The number of allylic oxidation sites excluding steroid dienone is 3. The fourth-order valence-electron chi connectivity index (χ4n) is 1.91. The molecular weight excluding hydrogens is 204 g/mol. The molecule has 0 aromatic heterocycles. The summed E-state index contributed by atoms with van der Waals surface area (Å²) in [6.07, 6.45) is 3.85. The summed E-state index contributed by atoms with van der Waals surface area (Å²) in [5.41, 5.74) is 2.65. The molecule has 0 aromatic carbocycles. The molecule has 3 heteroatoms. The van der Waals surface area contributed by atoms with E-state index < -0.39 is 0 Å². The Morgan fingerprint density at radius 1 is 1.44 bits per heavy atom. The van der Waals surface area contributed by atoms with Crippen LogP contribution in [0.1, 0.15) is 40.0 Å². The van der Waals surface area contributed by atoms with Crippen molar-refractivity contribution in [3.8, 4) is 0 Å². The standard InChI is InChI=1S/C13H18O3/c1-4-16-13(15)8-9(2)11-6-5-7-12(14)10(11)3/h8H,4-7H2,1-3H3/b9-8+. The molecule has 0 spiro atoms. The smallest absolute Gasteiger partial charge is 0.331 e. The van der Waals surface area contributed by atoms with E-state index in [2.05, 4.69) is 0 Å². The summed E-state index contributed by atoms with van der Waals surface area (Å²) < 4.78 is 4.84. The third-order valence-electron chi connectivity index (χ3n) is 2.80. The summed E-state index contributed by atoms with van der Waals surface area (Å²) in [7, 11) is 0. The van der Waals surface area contributed by atoms with E-state index in [1.807, 2.05) is 13.8 Å². The van der Waals surface area contributed by atoms with Crippen LogP contribution in [0, 0.1) is 0 Å². The molecule has 3 nitrogen and oxygen atoms in total. The van der Waals surface area contributed by atoms with Gasteiger partial charge in [0.2, 0.25) is 0 Å². The van der Waals surface area contributed by atoms with Crippen LogP contribution in [0.3, 0.4) is 0 Å². The lowest BCUT2D eigenvalue weighted by molar-refractivity contribution is -0.137. The molecule has 0 aromatic rings. The van der Waals surface area contributed by atoms with Gasteiger partial charge in [0.05, 0.1) is 6.61 Å². The van der Waals surface area contributed by atoms with Crippen molar-refractivity contribution in [3.05, 3.63) is 22.8 Å². The molecule has 0 amide bonds. The van der Waals surface area contributed by atoms with Crippen molar-refractivity contribution >= 4 is 11.8 Å². The minimum Gasteiger partial charge on any atom is -0.463 e. The summed E-state index contributed by atoms with van der Waals surface area (Å²) in [6.45, 7) is 5.84. The lowest BCUT2D eigenvalue weighted by Gasteiger charge is -2.17. The Morgan fingerprint density at radius 3 is 2.75 bits per heavy atom. The Balaban J connectivity index is 2.88. The summed E-state index contributed by atoms with van der Waals surface area (Å²) in [5.74, 6) is -0.142. The van der Waals surface area contributed by atoms with Gasteiger partial charge in [0.25, 0.3) is 0 Å². The third kappa shape index (κ3) is 3.05.